The molecule has 2 aliphatic heterocycles. The minimum Gasteiger partial charge on any atom is -0.394 e. The summed E-state index contributed by atoms with van der Waals surface area (Å²) in [6.07, 6.45) is -1.22. The van der Waals surface area contributed by atoms with Gasteiger partial charge < -0.3 is 24.4 Å². The molecule has 0 radical (unpaired) electrons. The quantitative estimate of drug-likeness (QED) is 0.456. The molecular formula is C16H27N3O5. The van der Waals surface area contributed by atoms with Crippen LogP contribution in [0.2, 0.25) is 0 Å². The maximum atomic E-state index is 10.4. The van der Waals surface area contributed by atoms with Crippen molar-refractivity contribution in [2.24, 2.45) is 28.8 Å². The number of aliphatic hydroxyl groups excluding tert-OH is 2. The van der Waals surface area contributed by atoms with Crippen LogP contribution >= 0.6 is 0 Å². The molecule has 10 atom stereocenters. The van der Waals surface area contributed by atoms with E-state index in [1.54, 1.807) is 0 Å². The molecular weight excluding hydrogens is 314 g/mol. The molecule has 3 aliphatic rings. The first-order valence-electron chi connectivity index (χ1n) is 8.73. The molecule has 2 saturated heterocycles. The molecule has 2 heterocycles. The maximum Gasteiger partial charge on any atom is 0.167 e. The Kier molecular flexibility index (Phi) is 5.34. The van der Waals surface area contributed by atoms with Crippen LogP contribution in [0.15, 0.2) is 5.11 Å². The molecule has 2 N–H and O–H groups in total. The Bertz CT molecular complexity index is 500. The smallest absolute Gasteiger partial charge is 0.167 e. The van der Waals surface area contributed by atoms with Crippen LogP contribution in [0.5, 0.6) is 0 Å². The van der Waals surface area contributed by atoms with Crippen molar-refractivity contribution in [3.05, 3.63) is 10.4 Å². The summed E-state index contributed by atoms with van der Waals surface area (Å²) in [6.45, 7) is 6.37. The Morgan fingerprint density at radius 1 is 1.25 bits per heavy atom. The van der Waals surface area contributed by atoms with Crippen molar-refractivity contribution >= 4 is 0 Å². The Morgan fingerprint density at radius 2 is 2.00 bits per heavy atom. The van der Waals surface area contributed by atoms with Gasteiger partial charge in [-0.2, -0.15) is 0 Å². The van der Waals surface area contributed by atoms with E-state index in [4.69, 9.17) is 19.7 Å². The first-order valence-corrected chi connectivity index (χ1v) is 8.73. The Hall–Kier alpha value is -0.890. The summed E-state index contributed by atoms with van der Waals surface area (Å²) < 4.78 is 17.8. The van der Waals surface area contributed by atoms with Gasteiger partial charge in [-0.05, 0) is 23.8 Å². The number of aliphatic hydroxyl groups is 2. The minimum absolute atomic E-state index is 0.0215. The minimum atomic E-state index is -0.721. The second kappa shape index (κ2) is 7.15. The summed E-state index contributed by atoms with van der Waals surface area (Å²) >= 11 is 0. The second-order valence-electron chi connectivity index (χ2n) is 7.46. The lowest BCUT2D eigenvalue weighted by atomic mass is 9.78. The van der Waals surface area contributed by atoms with Crippen LogP contribution in [0.1, 0.15) is 27.2 Å². The van der Waals surface area contributed by atoms with Gasteiger partial charge in [0.15, 0.2) is 6.29 Å². The van der Waals surface area contributed by atoms with Gasteiger partial charge >= 0.3 is 0 Å². The van der Waals surface area contributed by atoms with Crippen molar-refractivity contribution in [1.82, 2.24) is 0 Å². The summed E-state index contributed by atoms with van der Waals surface area (Å²) in [7, 11) is 0. The number of hydrogen-bond acceptors (Lipinski definition) is 6. The van der Waals surface area contributed by atoms with Crippen LogP contribution in [-0.4, -0.2) is 60.2 Å². The van der Waals surface area contributed by atoms with E-state index in [-0.39, 0.29) is 48.6 Å². The number of rotatable bonds is 4. The Labute approximate surface area is 141 Å². The summed E-state index contributed by atoms with van der Waals surface area (Å²) in [6, 6.07) is -0.461. The third-order valence-electron chi connectivity index (χ3n) is 6.16. The van der Waals surface area contributed by atoms with Gasteiger partial charge in [0.05, 0.1) is 43.7 Å². The number of hydrogen-bond donors (Lipinski definition) is 2. The average molecular weight is 341 g/mol. The molecule has 8 nitrogen and oxygen atoms in total. The molecule has 1 saturated carbocycles. The lowest BCUT2D eigenvalue weighted by Crippen LogP contribution is -2.54. The van der Waals surface area contributed by atoms with Crippen molar-refractivity contribution in [2.75, 3.05) is 13.2 Å². The lowest BCUT2D eigenvalue weighted by molar-refractivity contribution is -0.270. The molecule has 3 fully saturated rings. The first-order chi connectivity index (χ1) is 11.5. The number of nitrogens with zero attached hydrogens (tertiary/aromatic N) is 3. The van der Waals surface area contributed by atoms with E-state index in [1.165, 1.54) is 0 Å². The largest absolute Gasteiger partial charge is 0.394 e. The van der Waals surface area contributed by atoms with Crippen LogP contribution < -0.4 is 0 Å². The number of azide groups is 1. The van der Waals surface area contributed by atoms with E-state index in [0.29, 0.717) is 6.61 Å². The molecule has 0 aromatic heterocycles. The fraction of sp³-hybridized carbons (Fsp3) is 1.00. The SMILES string of the molecule is C[C@@H]1C(CO)O[C@H](O[C@@H]2C3CO[C@H](C3)C(O)[C@H]2C)C(N=[N+]=[N-])[C@H]1C. The topological polar surface area (TPSA) is 117 Å². The van der Waals surface area contributed by atoms with E-state index >= 15 is 0 Å². The molecule has 24 heavy (non-hydrogen) atoms. The normalized spacial score (nSPS) is 51.2. The fourth-order valence-corrected chi connectivity index (χ4v) is 4.32. The molecule has 0 aromatic carbocycles. The van der Waals surface area contributed by atoms with Gasteiger partial charge in [-0.1, -0.05) is 25.9 Å². The number of ether oxygens (including phenoxy) is 3. The standard InChI is InChI=1S/C16H27N3O5/c1-7-8(2)13(18-19-17)16(23-12(7)5-20)24-15-9(3)14(21)11-4-10(15)6-22-11/h7-16,20-21H,4-6H2,1-3H3/t7-,8-,9+,10?,11+,12?,13?,14?,15-,16+/m0/s1. The highest BCUT2D eigenvalue weighted by Gasteiger charge is 2.50. The predicted molar refractivity (Wildman–Crippen MR) is 84.9 cm³/mol. The Morgan fingerprint density at radius 3 is 2.67 bits per heavy atom. The summed E-state index contributed by atoms with van der Waals surface area (Å²) in [5.41, 5.74) is 8.91. The highest BCUT2D eigenvalue weighted by Crippen LogP contribution is 2.41. The van der Waals surface area contributed by atoms with Gasteiger partial charge in [0, 0.05) is 16.7 Å². The zero-order chi connectivity index (χ0) is 17.4. The zero-order valence-electron chi connectivity index (χ0n) is 14.4. The monoisotopic (exact) mass is 341 g/mol. The molecule has 4 unspecified atom stereocenters. The molecule has 8 heteroatoms. The second-order valence-corrected chi connectivity index (χ2v) is 7.46. The predicted octanol–water partition coefficient (Wildman–Crippen LogP) is 1.46. The van der Waals surface area contributed by atoms with Crippen LogP contribution in [0.4, 0.5) is 0 Å². The maximum absolute atomic E-state index is 10.4. The molecule has 0 aromatic rings. The van der Waals surface area contributed by atoms with Crippen LogP contribution in [0, 0.1) is 23.7 Å². The lowest BCUT2D eigenvalue weighted by Gasteiger charge is -2.45. The third kappa shape index (κ3) is 3.03. The highest BCUT2D eigenvalue weighted by molar-refractivity contribution is 4.97. The molecule has 0 spiro atoms. The fourth-order valence-electron chi connectivity index (χ4n) is 4.32. The van der Waals surface area contributed by atoms with Gasteiger partial charge in [-0.25, -0.2) is 0 Å². The van der Waals surface area contributed by atoms with E-state index in [2.05, 4.69) is 10.0 Å². The van der Waals surface area contributed by atoms with Gasteiger partial charge in [-0.15, -0.1) is 0 Å². The van der Waals surface area contributed by atoms with Crippen molar-refractivity contribution < 1.29 is 24.4 Å². The summed E-state index contributed by atoms with van der Waals surface area (Å²) in [4.78, 5) is 2.95. The van der Waals surface area contributed by atoms with Crippen LogP contribution in [0.25, 0.3) is 10.4 Å². The number of fused-ring (bicyclic) bond motifs is 2. The molecule has 2 bridgehead atoms. The average Bonchev–Trinajstić information content (AvgIpc) is 3.02. The summed E-state index contributed by atoms with van der Waals surface area (Å²) in [5, 5.41) is 23.8. The highest BCUT2D eigenvalue weighted by atomic mass is 16.7. The van der Waals surface area contributed by atoms with Gasteiger partial charge in [-0.3, -0.25) is 0 Å². The van der Waals surface area contributed by atoms with E-state index in [9.17, 15) is 10.2 Å². The Balaban J connectivity index is 1.79. The van der Waals surface area contributed by atoms with Crippen LogP contribution in [-0.2, 0) is 14.2 Å². The molecule has 1 aliphatic carbocycles. The van der Waals surface area contributed by atoms with E-state index < -0.39 is 18.4 Å². The van der Waals surface area contributed by atoms with Gasteiger partial charge in [0.1, 0.15) is 0 Å². The van der Waals surface area contributed by atoms with Crippen LogP contribution in [0.3, 0.4) is 0 Å². The van der Waals surface area contributed by atoms with E-state index in [1.807, 2.05) is 20.8 Å². The van der Waals surface area contributed by atoms with Crippen molar-refractivity contribution in [3.8, 4) is 0 Å². The third-order valence-corrected chi connectivity index (χ3v) is 6.16. The molecule has 136 valence electrons. The van der Waals surface area contributed by atoms with Crippen molar-refractivity contribution in [2.45, 2.75) is 63.9 Å². The molecule has 3 rings (SSSR count). The zero-order valence-corrected chi connectivity index (χ0v) is 14.4. The summed E-state index contributed by atoms with van der Waals surface area (Å²) in [5.74, 6) is 0.187. The van der Waals surface area contributed by atoms with Gasteiger partial charge in [0.2, 0.25) is 0 Å². The first kappa shape index (κ1) is 17.9. The van der Waals surface area contributed by atoms with Crippen molar-refractivity contribution in [1.29, 1.82) is 0 Å². The van der Waals surface area contributed by atoms with E-state index in [0.717, 1.165) is 6.42 Å². The van der Waals surface area contributed by atoms with Gasteiger partial charge in [0.25, 0.3) is 0 Å². The van der Waals surface area contributed by atoms with Crippen molar-refractivity contribution in [3.63, 3.8) is 0 Å². The molecule has 0 amide bonds.